The second-order valence-corrected chi connectivity index (χ2v) is 12.0. The fourth-order valence-corrected chi connectivity index (χ4v) is 5.35. The molecule has 1 aliphatic rings. The van der Waals surface area contributed by atoms with Gasteiger partial charge in [0.2, 0.25) is 5.78 Å². The monoisotopic (exact) mass is 567 g/mol. The molecule has 10 nitrogen and oxygen atoms in total. The number of piperazine rings is 1. The average Bonchev–Trinajstić information content (AvgIpc) is 3.29. The summed E-state index contributed by atoms with van der Waals surface area (Å²) in [5, 5.41) is 3.28. The van der Waals surface area contributed by atoms with Gasteiger partial charge in [-0.05, 0) is 51.5 Å². The minimum Gasteiger partial charge on any atom is -0.497 e. The second kappa shape index (κ2) is 12.3. The summed E-state index contributed by atoms with van der Waals surface area (Å²) >= 11 is 1.50. The number of nitrogens with one attached hydrogen (secondary N) is 1. The lowest BCUT2D eigenvalue weighted by Crippen LogP contribution is -2.57. The van der Waals surface area contributed by atoms with E-state index >= 15 is 0 Å². The zero-order valence-electron chi connectivity index (χ0n) is 23.9. The third-order valence-electron chi connectivity index (χ3n) is 6.57. The van der Waals surface area contributed by atoms with Gasteiger partial charge in [0.05, 0.1) is 7.11 Å². The molecule has 1 saturated heterocycles. The van der Waals surface area contributed by atoms with E-state index in [1.165, 1.54) is 11.3 Å². The molecule has 2 aromatic heterocycles. The molecule has 40 heavy (non-hydrogen) atoms. The average molecular weight is 568 g/mol. The van der Waals surface area contributed by atoms with Crippen LogP contribution in [0.15, 0.2) is 30.3 Å². The van der Waals surface area contributed by atoms with Crippen molar-refractivity contribution in [2.45, 2.75) is 59.2 Å². The SMILES string of the molecule is CCC(=O)C(C(=O)c1nc2cc(C)sc2nc1NCc1ccc(OC)cc1)N1CCN(C(=O)OC(C)(C)C)CC1. The van der Waals surface area contributed by atoms with E-state index in [4.69, 9.17) is 19.4 Å². The normalized spacial score (nSPS) is 15.1. The first kappa shape index (κ1) is 29.4. The van der Waals surface area contributed by atoms with E-state index < -0.39 is 23.5 Å². The Labute approximate surface area is 238 Å². The number of ketones is 2. The molecule has 0 saturated carbocycles. The molecule has 3 aromatic rings. The first-order valence-electron chi connectivity index (χ1n) is 13.4. The van der Waals surface area contributed by atoms with Crippen LogP contribution in [0.1, 0.15) is 55.0 Å². The molecule has 214 valence electrons. The summed E-state index contributed by atoms with van der Waals surface area (Å²) in [6, 6.07) is 8.48. The van der Waals surface area contributed by atoms with Crippen LogP contribution in [0.5, 0.6) is 5.75 Å². The van der Waals surface area contributed by atoms with E-state index in [2.05, 4.69) is 5.32 Å². The maximum atomic E-state index is 14.1. The number of fused-ring (bicyclic) bond motifs is 1. The maximum absolute atomic E-state index is 14.1. The van der Waals surface area contributed by atoms with Gasteiger partial charge in [-0.2, -0.15) is 0 Å². The Morgan fingerprint density at radius 3 is 2.35 bits per heavy atom. The van der Waals surface area contributed by atoms with Crippen LogP contribution in [-0.2, 0) is 16.1 Å². The number of nitrogens with zero attached hydrogens (tertiary/aromatic N) is 4. The number of methoxy groups -OCH3 is 1. The quantitative estimate of drug-likeness (QED) is 0.290. The molecule has 4 rings (SSSR count). The van der Waals surface area contributed by atoms with Crippen molar-refractivity contribution in [1.82, 2.24) is 19.8 Å². The fourth-order valence-electron chi connectivity index (χ4n) is 4.53. The molecule has 1 amide bonds. The van der Waals surface area contributed by atoms with Crippen molar-refractivity contribution < 1.29 is 23.9 Å². The lowest BCUT2D eigenvalue weighted by atomic mass is 10.00. The molecular formula is C29H37N5O5S. The molecule has 1 aromatic carbocycles. The molecule has 1 aliphatic heterocycles. The second-order valence-electron chi connectivity index (χ2n) is 10.8. The van der Waals surface area contributed by atoms with Gasteiger partial charge >= 0.3 is 6.09 Å². The lowest BCUT2D eigenvalue weighted by Gasteiger charge is -2.38. The van der Waals surface area contributed by atoms with Crippen LogP contribution < -0.4 is 10.1 Å². The predicted molar refractivity (Wildman–Crippen MR) is 155 cm³/mol. The molecule has 0 bridgehead atoms. The van der Waals surface area contributed by atoms with Crippen LogP contribution in [0.2, 0.25) is 0 Å². The van der Waals surface area contributed by atoms with E-state index in [1.54, 1.807) is 18.9 Å². The van der Waals surface area contributed by atoms with Crippen molar-refractivity contribution in [2.24, 2.45) is 0 Å². The Morgan fingerprint density at radius 2 is 1.75 bits per heavy atom. The van der Waals surface area contributed by atoms with Gasteiger partial charge in [-0.3, -0.25) is 14.5 Å². The van der Waals surface area contributed by atoms with Gasteiger partial charge < -0.3 is 19.7 Å². The molecule has 1 unspecified atom stereocenters. The molecule has 1 N–H and O–H groups in total. The first-order chi connectivity index (χ1) is 19.0. The number of Topliss-reactive ketones (excluding diaryl/α,β-unsaturated/α-hetero) is 2. The third-order valence-corrected chi connectivity index (χ3v) is 7.51. The van der Waals surface area contributed by atoms with Gasteiger partial charge in [0, 0.05) is 44.0 Å². The van der Waals surface area contributed by atoms with Crippen LogP contribution >= 0.6 is 11.3 Å². The highest BCUT2D eigenvalue weighted by molar-refractivity contribution is 7.18. The zero-order valence-corrected chi connectivity index (χ0v) is 24.8. The third kappa shape index (κ3) is 6.95. The number of aryl methyl sites for hydroxylation is 1. The minimum atomic E-state index is -1.01. The number of hydrogen-bond donors (Lipinski definition) is 1. The van der Waals surface area contributed by atoms with Crippen LogP contribution in [0.4, 0.5) is 10.6 Å². The van der Waals surface area contributed by atoms with Crippen molar-refractivity contribution in [3.63, 3.8) is 0 Å². The summed E-state index contributed by atoms with van der Waals surface area (Å²) in [6.45, 7) is 11.0. The van der Waals surface area contributed by atoms with Gasteiger partial charge in [-0.15, -0.1) is 11.3 Å². The Bertz CT molecular complexity index is 1370. The molecule has 0 radical (unpaired) electrons. The first-order valence-corrected chi connectivity index (χ1v) is 14.2. The number of anilines is 1. The highest BCUT2D eigenvalue weighted by Gasteiger charge is 2.38. The van der Waals surface area contributed by atoms with Gasteiger partial charge in [-0.1, -0.05) is 19.1 Å². The Hall–Kier alpha value is -3.57. The van der Waals surface area contributed by atoms with Crippen LogP contribution in [0, 0.1) is 6.92 Å². The van der Waals surface area contributed by atoms with Crippen LogP contribution in [0.3, 0.4) is 0 Å². The summed E-state index contributed by atoms with van der Waals surface area (Å²) in [6.07, 6.45) is -0.198. The van der Waals surface area contributed by atoms with E-state index in [-0.39, 0.29) is 17.9 Å². The number of aromatic nitrogens is 2. The number of hydrogen-bond acceptors (Lipinski definition) is 10. The Morgan fingerprint density at radius 1 is 1.07 bits per heavy atom. The van der Waals surface area contributed by atoms with Crippen LogP contribution in [0.25, 0.3) is 10.3 Å². The molecule has 3 heterocycles. The number of benzene rings is 1. The molecule has 1 atom stereocenters. The Balaban J connectivity index is 1.59. The highest BCUT2D eigenvalue weighted by atomic mass is 32.1. The lowest BCUT2D eigenvalue weighted by molar-refractivity contribution is -0.122. The van der Waals surface area contributed by atoms with Crippen LogP contribution in [-0.4, -0.2) is 82.4 Å². The number of rotatable bonds is 9. The largest absolute Gasteiger partial charge is 0.497 e. The summed E-state index contributed by atoms with van der Waals surface area (Å²) in [7, 11) is 1.62. The van der Waals surface area contributed by atoms with E-state index in [0.717, 1.165) is 21.0 Å². The van der Waals surface area contributed by atoms with Gasteiger partial charge in [0.25, 0.3) is 0 Å². The van der Waals surface area contributed by atoms with E-state index in [9.17, 15) is 14.4 Å². The standard InChI is InChI=1S/C29H37N5O5S/c1-7-22(35)24(33-12-14-34(15-13-33)28(37)39-29(3,4)5)25(36)23-26(32-27-21(31-23)16-18(2)40-27)30-17-19-8-10-20(38-6)11-9-19/h8-11,16,24H,7,12-15,17H2,1-6H3,(H,30,32). The minimum absolute atomic E-state index is 0.139. The summed E-state index contributed by atoms with van der Waals surface area (Å²) in [4.78, 5) is 54.5. The molecule has 1 fully saturated rings. The molecular weight excluding hydrogens is 530 g/mol. The van der Waals surface area contributed by atoms with Crippen molar-refractivity contribution >= 4 is 45.2 Å². The van der Waals surface area contributed by atoms with Crippen molar-refractivity contribution in [2.75, 3.05) is 38.6 Å². The number of amides is 1. The van der Waals surface area contributed by atoms with Crippen molar-refractivity contribution in [3.8, 4) is 5.75 Å². The maximum Gasteiger partial charge on any atom is 0.410 e. The smallest absolute Gasteiger partial charge is 0.410 e. The van der Waals surface area contributed by atoms with Gasteiger partial charge in [0.1, 0.15) is 27.7 Å². The molecule has 0 aliphatic carbocycles. The number of carbonyl (C=O) groups excluding carboxylic acids is 3. The van der Waals surface area contributed by atoms with Crippen molar-refractivity contribution in [1.29, 1.82) is 0 Å². The zero-order chi connectivity index (χ0) is 29.0. The van der Waals surface area contributed by atoms with Crippen molar-refractivity contribution in [3.05, 3.63) is 46.5 Å². The number of thiophene rings is 1. The van der Waals surface area contributed by atoms with E-state index in [0.29, 0.717) is 44.1 Å². The molecule has 0 spiro atoms. The van der Waals surface area contributed by atoms with Gasteiger partial charge in [0.15, 0.2) is 17.3 Å². The fraction of sp³-hybridized carbons (Fsp3) is 0.483. The number of ether oxygens (including phenoxy) is 2. The summed E-state index contributed by atoms with van der Waals surface area (Å²) in [5.74, 6) is 0.507. The van der Waals surface area contributed by atoms with E-state index in [1.807, 2.05) is 62.9 Å². The predicted octanol–water partition coefficient (Wildman–Crippen LogP) is 4.70. The number of carbonyl (C=O) groups is 3. The Kier molecular flexibility index (Phi) is 9.05. The van der Waals surface area contributed by atoms with Gasteiger partial charge in [-0.25, -0.2) is 14.8 Å². The summed E-state index contributed by atoms with van der Waals surface area (Å²) < 4.78 is 10.7. The molecule has 11 heteroatoms. The summed E-state index contributed by atoms with van der Waals surface area (Å²) in [5.41, 5.74) is 1.14. The highest BCUT2D eigenvalue weighted by Crippen LogP contribution is 2.27. The topological polar surface area (TPSA) is 114 Å².